The van der Waals surface area contributed by atoms with Gasteiger partial charge in [0.15, 0.2) is 5.06 Å². The van der Waals surface area contributed by atoms with Gasteiger partial charge in [-0.25, -0.2) is 4.98 Å². The number of methoxy groups -OCH3 is 1. The van der Waals surface area contributed by atoms with Gasteiger partial charge in [0.2, 0.25) is 0 Å². The highest BCUT2D eigenvalue weighted by atomic mass is 32.1. The highest BCUT2D eigenvalue weighted by Gasteiger charge is 2.10. The van der Waals surface area contributed by atoms with Crippen LogP contribution >= 0.6 is 11.3 Å². The molecular formula is C12H21NOS. The Labute approximate surface area is 96.7 Å². The Bertz CT molecular complexity index is 272. The lowest BCUT2D eigenvalue weighted by molar-refractivity contribution is 0.426. The zero-order valence-electron chi connectivity index (χ0n) is 9.95. The molecule has 0 aromatic carbocycles. The molecule has 1 rings (SSSR count). The van der Waals surface area contributed by atoms with Gasteiger partial charge in [-0.05, 0) is 6.42 Å². The monoisotopic (exact) mass is 227 g/mol. The molecule has 0 amide bonds. The first-order chi connectivity index (χ1) is 7.27. The number of nitrogens with zero attached hydrogens (tertiary/aromatic N) is 1. The van der Waals surface area contributed by atoms with Gasteiger partial charge in [0, 0.05) is 5.92 Å². The molecule has 0 bridgehead atoms. The third kappa shape index (κ3) is 4.20. The maximum Gasteiger partial charge on any atom is 0.193 e. The van der Waals surface area contributed by atoms with E-state index >= 15 is 0 Å². The molecule has 0 spiro atoms. The second-order valence-corrected chi connectivity index (χ2v) is 5.00. The first kappa shape index (κ1) is 12.5. The van der Waals surface area contributed by atoms with Gasteiger partial charge in [0.1, 0.15) is 0 Å². The molecule has 15 heavy (non-hydrogen) atoms. The summed E-state index contributed by atoms with van der Waals surface area (Å²) >= 11 is 1.67. The van der Waals surface area contributed by atoms with Crippen LogP contribution in [-0.4, -0.2) is 12.1 Å². The Morgan fingerprint density at radius 1 is 1.40 bits per heavy atom. The average Bonchev–Trinajstić information content (AvgIpc) is 2.72. The lowest BCUT2D eigenvalue weighted by atomic mass is 10.0. The quantitative estimate of drug-likeness (QED) is 0.650. The minimum Gasteiger partial charge on any atom is -0.486 e. The van der Waals surface area contributed by atoms with Crippen molar-refractivity contribution in [3.8, 4) is 5.06 Å². The van der Waals surface area contributed by atoms with Gasteiger partial charge in [-0.1, -0.05) is 50.9 Å². The van der Waals surface area contributed by atoms with E-state index in [1.165, 1.54) is 37.1 Å². The summed E-state index contributed by atoms with van der Waals surface area (Å²) in [5.41, 5.74) is 0. The maximum absolute atomic E-state index is 5.14. The van der Waals surface area contributed by atoms with E-state index in [9.17, 15) is 0 Å². The van der Waals surface area contributed by atoms with Crippen molar-refractivity contribution in [2.75, 3.05) is 7.11 Å². The van der Waals surface area contributed by atoms with E-state index in [2.05, 4.69) is 18.8 Å². The number of aromatic nitrogens is 1. The predicted molar refractivity (Wildman–Crippen MR) is 65.8 cm³/mol. The first-order valence-corrected chi connectivity index (χ1v) is 6.59. The van der Waals surface area contributed by atoms with E-state index in [-0.39, 0.29) is 0 Å². The third-order valence-electron chi connectivity index (χ3n) is 2.62. The standard InChI is InChI=1S/C12H21NOS/c1-4-5-6-7-8-10(2)12-13-9-11(14-3)15-12/h9-10H,4-8H2,1-3H3. The van der Waals surface area contributed by atoms with Crippen LogP contribution < -0.4 is 4.74 Å². The van der Waals surface area contributed by atoms with Crippen molar-refractivity contribution in [3.63, 3.8) is 0 Å². The van der Waals surface area contributed by atoms with Gasteiger partial charge in [-0.15, -0.1) is 0 Å². The van der Waals surface area contributed by atoms with Gasteiger partial charge < -0.3 is 4.74 Å². The van der Waals surface area contributed by atoms with Gasteiger partial charge in [-0.2, -0.15) is 0 Å². The predicted octanol–water partition coefficient (Wildman–Crippen LogP) is 4.23. The van der Waals surface area contributed by atoms with Crippen molar-refractivity contribution in [1.82, 2.24) is 4.98 Å². The lowest BCUT2D eigenvalue weighted by Crippen LogP contribution is -1.92. The average molecular weight is 227 g/mol. The number of thiazole rings is 1. The van der Waals surface area contributed by atoms with Gasteiger partial charge in [-0.3, -0.25) is 0 Å². The van der Waals surface area contributed by atoms with E-state index in [4.69, 9.17) is 4.74 Å². The van der Waals surface area contributed by atoms with Crippen LogP contribution in [0.25, 0.3) is 0 Å². The summed E-state index contributed by atoms with van der Waals surface area (Å²) in [4.78, 5) is 4.38. The summed E-state index contributed by atoms with van der Waals surface area (Å²) in [5.74, 6) is 0.579. The normalized spacial score (nSPS) is 12.7. The van der Waals surface area contributed by atoms with Crippen molar-refractivity contribution < 1.29 is 4.74 Å². The molecule has 1 aromatic rings. The number of hydrogen-bond donors (Lipinski definition) is 0. The van der Waals surface area contributed by atoms with Crippen molar-refractivity contribution >= 4 is 11.3 Å². The van der Waals surface area contributed by atoms with Crippen LogP contribution in [0.2, 0.25) is 0 Å². The van der Waals surface area contributed by atoms with E-state index in [1.807, 2.05) is 6.20 Å². The van der Waals surface area contributed by atoms with Crippen LogP contribution in [0.15, 0.2) is 6.20 Å². The van der Waals surface area contributed by atoms with E-state index in [1.54, 1.807) is 18.4 Å². The van der Waals surface area contributed by atoms with E-state index in [0.717, 1.165) is 5.06 Å². The fourth-order valence-corrected chi connectivity index (χ4v) is 2.41. The molecule has 0 aliphatic rings. The third-order valence-corrected chi connectivity index (χ3v) is 3.81. The van der Waals surface area contributed by atoms with E-state index in [0.29, 0.717) is 5.92 Å². The molecule has 2 nitrogen and oxygen atoms in total. The summed E-state index contributed by atoms with van der Waals surface area (Å²) in [5, 5.41) is 2.13. The molecule has 0 saturated heterocycles. The summed E-state index contributed by atoms with van der Waals surface area (Å²) in [6.45, 7) is 4.50. The Hall–Kier alpha value is -0.570. The van der Waals surface area contributed by atoms with Crippen molar-refractivity contribution in [1.29, 1.82) is 0 Å². The molecule has 1 atom stereocenters. The van der Waals surface area contributed by atoms with Crippen molar-refractivity contribution in [3.05, 3.63) is 11.2 Å². The second kappa shape index (κ2) is 6.83. The topological polar surface area (TPSA) is 22.1 Å². The highest BCUT2D eigenvalue weighted by molar-refractivity contribution is 7.13. The van der Waals surface area contributed by atoms with Crippen LogP contribution in [0, 0.1) is 0 Å². The number of rotatable bonds is 7. The fraction of sp³-hybridized carbons (Fsp3) is 0.750. The molecule has 0 fully saturated rings. The molecule has 0 saturated carbocycles. The number of unbranched alkanes of at least 4 members (excludes halogenated alkanes) is 3. The smallest absolute Gasteiger partial charge is 0.193 e. The number of hydrogen-bond acceptors (Lipinski definition) is 3. The van der Waals surface area contributed by atoms with Crippen LogP contribution in [-0.2, 0) is 0 Å². The van der Waals surface area contributed by atoms with Crippen molar-refractivity contribution in [2.45, 2.75) is 51.9 Å². The summed E-state index contributed by atoms with van der Waals surface area (Å²) < 4.78 is 5.14. The molecule has 1 unspecified atom stereocenters. The second-order valence-electron chi connectivity index (χ2n) is 3.97. The van der Waals surface area contributed by atoms with Crippen LogP contribution in [0.1, 0.15) is 56.9 Å². The molecule has 1 heterocycles. The molecule has 0 aliphatic heterocycles. The zero-order chi connectivity index (χ0) is 11.1. The van der Waals surface area contributed by atoms with Gasteiger partial charge in [0.05, 0.1) is 18.3 Å². The molecule has 1 aromatic heterocycles. The lowest BCUT2D eigenvalue weighted by Gasteiger charge is -2.06. The first-order valence-electron chi connectivity index (χ1n) is 5.77. The molecule has 86 valence electrons. The fourth-order valence-electron chi connectivity index (χ4n) is 1.60. The Morgan fingerprint density at radius 2 is 2.20 bits per heavy atom. The molecular weight excluding hydrogens is 206 g/mol. The van der Waals surface area contributed by atoms with Crippen LogP contribution in [0.4, 0.5) is 0 Å². The van der Waals surface area contributed by atoms with Gasteiger partial charge in [0.25, 0.3) is 0 Å². The molecule has 0 N–H and O–H groups in total. The van der Waals surface area contributed by atoms with Crippen LogP contribution in [0.5, 0.6) is 5.06 Å². The molecule has 0 radical (unpaired) electrons. The highest BCUT2D eigenvalue weighted by Crippen LogP contribution is 2.29. The largest absolute Gasteiger partial charge is 0.486 e. The zero-order valence-corrected chi connectivity index (χ0v) is 10.8. The maximum atomic E-state index is 5.14. The summed E-state index contributed by atoms with van der Waals surface area (Å²) in [6, 6.07) is 0. The minimum absolute atomic E-state index is 0.579. The Morgan fingerprint density at radius 3 is 2.80 bits per heavy atom. The summed E-state index contributed by atoms with van der Waals surface area (Å²) in [6.07, 6.45) is 8.40. The van der Waals surface area contributed by atoms with Crippen molar-refractivity contribution in [2.24, 2.45) is 0 Å². The summed E-state index contributed by atoms with van der Waals surface area (Å²) in [7, 11) is 1.70. The van der Waals surface area contributed by atoms with Crippen LogP contribution in [0.3, 0.4) is 0 Å². The molecule has 3 heteroatoms. The number of ether oxygens (including phenoxy) is 1. The Balaban J connectivity index is 2.29. The van der Waals surface area contributed by atoms with Gasteiger partial charge >= 0.3 is 0 Å². The SMILES string of the molecule is CCCCCCC(C)c1ncc(OC)s1. The Kier molecular flexibility index (Phi) is 5.69. The van der Waals surface area contributed by atoms with E-state index < -0.39 is 0 Å². The minimum atomic E-state index is 0.579. The molecule has 0 aliphatic carbocycles.